The first-order chi connectivity index (χ1) is 6.88. The van der Waals surface area contributed by atoms with Crippen LogP contribution >= 0.6 is 0 Å². The maximum Gasteiger partial charge on any atom is 0.397 e. The van der Waals surface area contributed by atoms with Crippen LogP contribution in [0.25, 0.3) is 0 Å². The molecule has 2 heterocycles. The average molecular weight is 242 g/mol. The third-order valence-corrected chi connectivity index (χ3v) is 2.79. The molecule has 2 fully saturated rings. The Morgan fingerprint density at radius 2 is 2.00 bits per heavy atom. The highest BCUT2D eigenvalue weighted by Crippen LogP contribution is 2.31. The van der Waals surface area contributed by atoms with Crippen molar-refractivity contribution in [3.8, 4) is 0 Å². The van der Waals surface area contributed by atoms with Crippen molar-refractivity contribution in [1.82, 2.24) is 0 Å². The van der Waals surface area contributed by atoms with E-state index in [0.29, 0.717) is 0 Å². The quantitative estimate of drug-likeness (QED) is 0.460. The third kappa shape index (κ3) is 2.13. The van der Waals surface area contributed by atoms with Crippen molar-refractivity contribution in [1.29, 1.82) is 0 Å². The zero-order valence-electron chi connectivity index (χ0n) is 7.38. The number of hydrogen-bond donors (Lipinski definition) is 3. The van der Waals surface area contributed by atoms with Gasteiger partial charge >= 0.3 is 10.4 Å². The van der Waals surface area contributed by atoms with Gasteiger partial charge in [-0.05, 0) is 0 Å². The van der Waals surface area contributed by atoms with E-state index in [2.05, 4.69) is 4.18 Å². The summed E-state index contributed by atoms with van der Waals surface area (Å²) in [6.07, 6.45) is -5.84. The summed E-state index contributed by atoms with van der Waals surface area (Å²) in [5, 5.41) is 18.8. The molecular formula is C6H10O8S. The van der Waals surface area contributed by atoms with E-state index in [4.69, 9.17) is 14.0 Å². The van der Waals surface area contributed by atoms with Gasteiger partial charge in [0, 0.05) is 0 Å². The van der Waals surface area contributed by atoms with Crippen LogP contribution in [-0.4, -0.2) is 60.5 Å². The normalized spacial score (nSPS) is 45.7. The third-order valence-electron chi connectivity index (χ3n) is 2.32. The second kappa shape index (κ2) is 3.63. The smallest absolute Gasteiger partial charge is 0.387 e. The Balaban J connectivity index is 2.16. The van der Waals surface area contributed by atoms with Crippen LogP contribution in [0.15, 0.2) is 0 Å². The fraction of sp³-hybridized carbons (Fsp3) is 1.00. The molecule has 0 aromatic heterocycles. The van der Waals surface area contributed by atoms with Crippen molar-refractivity contribution in [2.45, 2.75) is 30.7 Å². The van der Waals surface area contributed by atoms with Crippen LogP contribution in [0, 0.1) is 0 Å². The van der Waals surface area contributed by atoms with Gasteiger partial charge in [0.1, 0.15) is 18.3 Å². The predicted molar refractivity (Wildman–Crippen MR) is 43.0 cm³/mol. The van der Waals surface area contributed by atoms with Gasteiger partial charge in [-0.25, -0.2) is 4.18 Å². The van der Waals surface area contributed by atoms with Gasteiger partial charge in [-0.15, -0.1) is 0 Å². The molecule has 15 heavy (non-hydrogen) atoms. The van der Waals surface area contributed by atoms with Gasteiger partial charge in [0.2, 0.25) is 0 Å². The van der Waals surface area contributed by atoms with E-state index in [-0.39, 0.29) is 6.61 Å². The molecule has 2 saturated heterocycles. The molecule has 1 unspecified atom stereocenters. The molecule has 88 valence electrons. The molecule has 0 aliphatic carbocycles. The topological polar surface area (TPSA) is 123 Å². The molecule has 2 bridgehead atoms. The molecule has 3 N–H and O–H groups in total. The van der Waals surface area contributed by atoms with Crippen LogP contribution in [0.3, 0.4) is 0 Å². The average Bonchev–Trinajstić information content (AvgIpc) is 2.33. The number of aliphatic hydroxyl groups excluding tert-OH is 2. The maximum absolute atomic E-state index is 10.5. The van der Waals surface area contributed by atoms with Crippen molar-refractivity contribution in [3.05, 3.63) is 0 Å². The van der Waals surface area contributed by atoms with Gasteiger partial charge < -0.3 is 19.7 Å². The summed E-state index contributed by atoms with van der Waals surface area (Å²) in [6.45, 7) is 0.0359. The fourth-order valence-electron chi connectivity index (χ4n) is 1.69. The highest BCUT2D eigenvalue weighted by molar-refractivity contribution is 7.80. The van der Waals surface area contributed by atoms with Gasteiger partial charge in [-0.3, -0.25) is 4.55 Å². The minimum Gasteiger partial charge on any atom is -0.387 e. The predicted octanol–water partition coefficient (Wildman–Crippen LogP) is -2.35. The van der Waals surface area contributed by atoms with Gasteiger partial charge in [0.15, 0.2) is 12.4 Å². The van der Waals surface area contributed by atoms with Gasteiger partial charge in [0.25, 0.3) is 0 Å². The molecule has 0 spiro atoms. The molecule has 2 aliphatic heterocycles. The Morgan fingerprint density at radius 3 is 2.60 bits per heavy atom. The molecule has 0 saturated carbocycles. The molecule has 0 radical (unpaired) electrons. The Bertz CT molecular complexity index is 339. The van der Waals surface area contributed by atoms with E-state index in [9.17, 15) is 18.6 Å². The minimum atomic E-state index is -4.74. The van der Waals surface area contributed by atoms with Crippen LogP contribution in [0.5, 0.6) is 0 Å². The highest BCUT2D eigenvalue weighted by atomic mass is 32.3. The summed E-state index contributed by atoms with van der Waals surface area (Å²) in [6, 6.07) is 0. The lowest BCUT2D eigenvalue weighted by Gasteiger charge is -2.33. The molecule has 9 heteroatoms. The largest absolute Gasteiger partial charge is 0.397 e. The van der Waals surface area contributed by atoms with E-state index >= 15 is 0 Å². The first-order valence-electron chi connectivity index (χ1n) is 4.17. The van der Waals surface area contributed by atoms with Crippen molar-refractivity contribution in [2.24, 2.45) is 0 Å². The Kier molecular flexibility index (Phi) is 2.71. The Labute approximate surface area is 85.3 Å². The van der Waals surface area contributed by atoms with Gasteiger partial charge in [0.05, 0.1) is 6.61 Å². The number of hydrogen-bond acceptors (Lipinski definition) is 7. The first kappa shape index (κ1) is 11.2. The second-order valence-electron chi connectivity index (χ2n) is 3.34. The van der Waals surface area contributed by atoms with E-state index in [1.165, 1.54) is 0 Å². The lowest BCUT2D eigenvalue weighted by Crippen LogP contribution is -2.54. The number of ether oxygens (including phenoxy) is 2. The summed E-state index contributed by atoms with van der Waals surface area (Å²) in [5.74, 6) is 0. The number of rotatable bonds is 2. The molecule has 0 amide bonds. The Morgan fingerprint density at radius 1 is 1.33 bits per heavy atom. The van der Waals surface area contributed by atoms with Crippen molar-refractivity contribution < 1.29 is 36.8 Å². The zero-order chi connectivity index (χ0) is 11.2. The molecule has 5 atom stereocenters. The second-order valence-corrected chi connectivity index (χ2v) is 4.39. The van der Waals surface area contributed by atoms with Crippen LogP contribution < -0.4 is 0 Å². The Hall–Kier alpha value is -0.290. The summed E-state index contributed by atoms with van der Waals surface area (Å²) >= 11 is 0. The molecular weight excluding hydrogens is 232 g/mol. The molecule has 0 aromatic carbocycles. The summed E-state index contributed by atoms with van der Waals surface area (Å²) in [4.78, 5) is 0. The summed E-state index contributed by atoms with van der Waals surface area (Å²) < 4.78 is 43.3. The highest BCUT2D eigenvalue weighted by Gasteiger charge is 2.52. The summed E-state index contributed by atoms with van der Waals surface area (Å²) in [5.41, 5.74) is 0. The molecule has 2 rings (SSSR count). The molecule has 0 aromatic rings. The van der Waals surface area contributed by atoms with Crippen LogP contribution in [-0.2, 0) is 24.1 Å². The molecule has 2 aliphatic rings. The van der Waals surface area contributed by atoms with E-state index in [1.54, 1.807) is 0 Å². The fourth-order valence-corrected chi connectivity index (χ4v) is 2.17. The minimum absolute atomic E-state index is 0.0359. The van der Waals surface area contributed by atoms with Gasteiger partial charge in [-0.2, -0.15) is 8.42 Å². The summed E-state index contributed by atoms with van der Waals surface area (Å²) in [7, 11) is -4.74. The van der Waals surface area contributed by atoms with E-state index < -0.39 is 41.1 Å². The van der Waals surface area contributed by atoms with Crippen LogP contribution in [0.2, 0.25) is 0 Å². The number of fused-ring (bicyclic) bond motifs is 2. The standard InChI is InChI=1S/C6H10O8S/c7-3-2-1-12-4(3)5(6(8)13-2)14-15(9,10)11/h2-8H,1H2,(H,9,10,11)/t2-,3+,4-,5-,6?/m1/s1. The monoisotopic (exact) mass is 242 g/mol. The van der Waals surface area contributed by atoms with Crippen molar-refractivity contribution >= 4 is 10.4 Å². The lowest BCUT2D eigenvalue weighted by molar-refractivity contribution is -0.235. The van der Waals surface area contributed by atoms with Crippen molar-refractivity contribution in [3.63, 3.8) is 0 Å². The molecule has 8 nitrogen and oxygen atoms in total. The van der Waals surface area contributed by atoms with E-state index in [0.717, 1.165) is 0 Å². The SMILES string of the molecule is O=S(=O)(O)O[C@H]1C(O)O[C@@H]2CO[C@@H]1[C@H]2O. The first-order valence-corrected chi connectivity index (χ1v) is 5.54. The number of aliphatic hydroxyl groups is 2. The van der Waals surface area contributed by atoms with E-state index in [1.807, 2.05) is 0 Å². The van der Waals surface area contributed by atoms with Gasteiger partial charge in [-0.1, -0.05) is 0 Å². The van der Waals surface area contributed by atoms with Crippen LogP contribution in [0.4, 0.5) is 0 Å². The maximum atomic E-state index is 10.5. The zero-order valence-corrected chi connectivity index (χ0v) is 8.20. The van der Waals surface area contributed by atoms with Crippen LogP contribution in [0.1, 0.15) is 0 Å². The lowest BCUT2D eigenvalue weighted by atomic mass is 10.0. The van der Waals surface area contributed by atoms with Crippen molar-refractivity contribution in [2.75, 3.05) is 6.61 Å².